The standard InChI is InChI=1S/C14H13N3/c1-10-6-2-4-8-12(10)17-13-9-5-3-7-11(13)16-14(17)15/h2-9H,1H3,(H2,15,16). The van der Waals surface area contributed by atoms with Crippen molar-refractivity contribution in [1.29, 1.82) is 0 Å². The van der Waals surface area contributed by atoms with Crippen molar-refractivity contribution in [3.05, 3.63) is 54.1 Å². The van der Waals surface area contributed by atoms with Gasteiger partial charge in [-0.1, -0.05) is 30.3 Å². The van der Waals surface area contributed by atoms with Crippen molar-refractivity contribution in [3.8, 4) is 5.69 Å². The van der Waals surface area contributed by atoms with Crippen LogP contribution in [0.2, 0.25) is 0 Å². The predicted octanol–water partition coefficient (Wildman–Crippen LogP) is 2.92. The first kappa shape index (κ1) is 9.90. The van der Waals surface area contributed by atoms with Crippen LogP contribution in [0.1, 0.15) is 5.56 Å². The predicted molar refractivity (Wildman–Crippen MR) is 70.2 cm³/mol. The van der Waals surface area contributed by atoms with Crippen LogP contribution < -0.4 is 5.73 Å². The first-order valence-corrected chi connectivity index (χ1v) is 5.56. The van der Waals surface area contributed by atoms with Gasteiger partial charge in [0.1, 0.15) is 0 Å². The molecule has 0 unspecified atom stereocenters. The smallest absolute Gasteiger partial charge is 0.205 e. The van der Waals surface area contributed by atoms with E-state index in [-0.39, 0.29) is 0 Å². The van der Waals surface area contributed by atoms with E-state index in [1.54, 1.807) is 0 Å². The lowest BCUT2D eigenvalue weighted by Crippen LogP contribution is -2.02. The first-order chi connectivity index (χ1) is 8.27. The molecule has 0 spiro atoms. The van der Waals surface area contributed by atoms with Crippen LogP contribution >= 0.6 is 0 Å². The fraction of sp³-hybridized carbons (Fsp3) is 0.0714. The minimum Gasteiger partial charge on any atom is -0.369 e. The van der Waals surface area contributed by atoms with E-state index in [2.05, 4.69) is 24.0 Å². The molecule has 0 radical (unpaired) electrons. The SMILES string of the molecule is Cc1ccccc1-n1c(N)nc2ccccc21. The van der Waals surface area contributed by atoms with Gasteiger partial charge in [-0.3, -0.25) is 4.57 Å². The van der Waals surface area contributed by atoms with Gasteiger partial charge in [-0.15, -0.1) is 0 Å². The van der Waals surface area contributed by atoms with E-state index < -0.39 is 0 Å². The summed E-state index contributed by atoms with van der Waals surface area (Å²) < 4.78 is 1.99. The second-order valence-electron chi connectivity index (χ2n) is 4.08. The summed E-state index contributed by atoms with van der Waals surface area (Å²) in [7, 11) is 0. The fourth-order valence-electron chi connectivity index (χ4n) is 2.11. The molecule has 0 saturated heterocycles. The molecule has 3 nitrogen and oxygen atoms in total. The lowest BCUT2D eigenvalue weighted by molar-refractivity contribution is 1.09. The van der Waals surface area contributed by atoms with Crippen molar-refractivity contribution in [3.63, 3.8) is 0 Å². The molecule has 0 amide bonds. The van der Waals surface area contributed by atoms with Crippen molar-refractivity contribution in [2.45, 2.75) is 6.92 Å². The number of anilines is 1. The van der Waals surface area contributed by atoms with Gasteiger partial charge in [-0.2, -0.15) is 0 Å². The van der Waals surface area contributed by atoms with Gasteiger partial charge < -0.3 is 5.73 Å². The van der Waals surface area contributed by atoms with Crippen LogP contribution in [0, 0.1) is 6.92 Å². The number of nitrogens with two attached hydrogens (primary N) is 1. The van der Waals surface area contributed by atoms with Gasteiger partial charge in [0.2, 0.25) is 5.95 Å². The maximum atomic E-state index is 6.01. The number of para-hydroxylation sites is 3. The molecule has 0 bridgehead atoms. The van der Waals surface area contributed by atoms with E-state index in [1.165, 1.54) is 5.56 Å². The number of aryl methyl sites for hydroxylation is 1. The van der Waals surface area contributed by atoms with E-state index in [9.17, 15) is 0 Å². The molecule has 0 saturated carbocycles. The zero-order chi connectivity index (χ0) is 11.8. The number of imidazole rings is 1. The number of benzene rings is 2. The Bertz CT molecular complexity index is 683. The van der Waals surface area contributed by atoms with Crippen molar-refractivity contribution in [2.75, 3.05) is 5.73 Å². The second-order valence-corrected chi connectivity index (χ2v) is 4.08. The molecule has 84 valence electrons. The topological polar surface area (TPSA) is 43.8 Å². The third-order valence-electron chi connectivity index (χ3n) is 2.94. The average Bonchev–Trinajstić information content (AvgIpc) is 2.66. The minimum absolute atomic E-state index is 0.528. The molecule has 2 aromatic carbocycles. The van der Waals surface area contributed by atoms with E-state index in [0.717, 1.165) is 16.7 Å². The molecule has 3 aromatic rings. The number of hydrogen-bond acceptors (Lipinski definition) is 2. The lowest BCUT2D eigenvalue weighted by atomic mass is 10.2. The number of nitrogens with zero attached hydrogens (tertiary/aromatic N) is 2. The summed E-state index contributed by atoms with van der Waals surface area (Å²) in [6.07, 6.45) is 0. The monoisotopic (exact) mass is 223 g/mol. The molecule has 3 rings (SSSR count). The zero-order valence-electron chi connectivity index (χ0n) is 9.59. The van der Waals surface area contributed by atoms with Crippen LogP contribution in [-0.4, -0.2) is 9.55 Å². The maximum Gasteiger partial charge on any atom is 0.205 e. The number of rotatable bonds is 1. The Morgan fingerprint density at radius 2 is 1.71 bits per heavy atom. The Morgan fingerprint density at radius 3 is 2.53 bits per heavy atom. The second kappa shape index (κ2) is 3.63. The summed E-state index contributed by atoms with van der Waals surface area (Å²) in [4.78, 5) is 4.37. The van der Waals surface area contributed by atoms with E-state index in [0.29, 0.717) is 5.95 Å². The molecule has 17 heavy (non-hydrogen) atoms. The first-order valence-electron chi connectivity index (χ1n) is 5.56. The quantitative estimate of drug-likeness (QED) is 0.689. The van der Waals surface area contributed by atoms with Crippen LogP contribution in [0.3, 0.4) is 0 Å². The summed E-state index contributed by atoms with van der Waals surface area (Å²) in [5, 5.41) is 0. The minimum atomic E-state index is 0.528. The van der Waals surface area contributed by atoms with Gasteiger partial charge in [0.05, 0.1) is 16.7 Å². The number of hydrogen-bond donors (Lipinski definition) is 1. The Morgan fingerprint density at radius 1 is 1.00 bits per heavy atom. The molecule has 0 fully saturated rings. The highest BCUT2D eigenvalue weighted by Gasteiger charge is 2.10. The molecule has 2 N–H and O–H groups in total. The van der Waals surface area contributed by atoms with Crippen molar-refractivity contribution >= 4 is 17.0 Å². The Kier molecular flexibility index (Phi) is 2.11. The summed E-state index contributed by atoms with van der Waals surface area (Å²) >= 11 is 0. The van der Waals surface area contributed by atoms with E-state index in [4.69, 9.17) is 5.73 Å². The zero-order valence-corrected chi connectivity index (χ0v) is 9.59. The normalized spacial score (nSPS) is 10.9. The summed E-state index contributed by atoms with van der Waals surface area (Å²) in [6, 6.07) is 16.1. The van der Waals surface area contributed by atoms with Gasteiger partial charge in [0.25, 0.3) is 0 Å². The summed E-state index contributed by atoms with van der Waals surface area (Å²) in [5.74, 6) is 0.528. The van der Waals surface area contributed by atoms with Gasteiger partial charge in [0.15, 0.2) is 0 Å². The highest BCUT2D eigenvalue weighted by molar-refractivity contribution is 5.81. The molecule has 1 heterocycles. The lowest BCUT2D eigenvalue weighted by Gasteiger charge is -2.09. The summed E-state index contributed by atoms with van der Waals surface area (Å²) in [6.45, 7) is 2.07. The molecule has 1 aromatic heterocycles. The average molecular weight is 223 g/mol. The van der Waals surface area contributed by atoms with Crippen molar-refractivity contribution in [1.82, 2.24) is 9.55 Å². The maximum absolute atomic E-state index is 6.01. The van der Waals surface area contributed by atoms with Crippen molar-refractivity contribution < 1.29 is 0 Å². The highest BCUT2D eigenvalue weighted by atomic mass is 15.2. The Hall–Kier alpha value is -2.29. The molecule has 0 aliphatic heterocycles. The molecule has 3 heteroatoms. The van der Waals surface area contributed by atoms with Crippen LogP contribution in [0.25, 0.3) is 16.7 Å². The largest absolute Gasteiger partial charge is 0.369 e. The number of aromatic nitrogens is 2. The molecule has 0 aliphatic rings. The fourth-order valence-corrected chi connectivity index (χ4v) is 2.11. The van der Waals surface area contributed by atoms with Gasteiger partial charge >= 0.3 is 0 Å². The third kappa shape index (κ3) is 1.47. The van der Waals surface area contributed by atoms with Gasteiger partial charge in [0, 0.05) is 0 Å². The van der Waals surface area contributed by atoms with Crippen LogP contribution in [0.4, 0.5) is 5.95 Å². The highest BCUT2D eigenvalue weighted by Crippen LogP contribution is 2.24. The Balaban J connectivity index is 2.38. The van der Waals surface area contributed by atoms with Gasteiger partial charge in [-0.25, -0.2) is 4.98 Å². The summed E-state index contributed by atoms with van der Waals surface area (Å²) in [5.41, 5.74) is 10.2. The molecular weight excluding hydrogens is 210 g/mol. The van der Waals surface area contributed by atoms with Crippen LogP contribution in [-0.2, 0) is 0 Å². The van der Waals surface area contributed by atoms with E-state index >= 15 is 0 Å². The Labute approximate surface area is 99.5 Å². The number of fused-ring (bicyclic) bond motifs is 1. The van der Waals surface area contributed by atoms with Crippen LogP contribution in [0.5, 0.6) is 0 Å². The van der Waals surface area contributed by atoms with E-state index in [1.807, 2.05) is 41.0 Å². The number of nitrogen functional groups attached to an aromatic ring is 1. The van der Waals surface area contributed by atoms with Crippen LogP contribution in [0.15, 0.2) is 48.5 Å². The molecular formula is C14H13N3. The molecule has 0 aliphatic carbocycles. The van der Waals surface area contributed by atoms with Gasteiger partial charge in [-0.05, 0) is 30.7 Å². The third-order valence-corrected chi connectivity index (χ3v) is 2.94. The van der Waals surface area contributed by atoms with Crippen molar-refractivity contribution in [2.24, 2.45) is 0 Å². The molecule has 0 atom stereocenters.